The Bertz CT molecular complexity index is 545. The third-order valence-electron chi connectivity index (χ3n) is 3.59. The summed E-state index contributed by atoms with van der Waals surface area (Å²) in [5.41, 5.74) is 0.860. The third-order valence-corrected chi connectivity index (χ3v) is 5.27. The summed E-state index contributed by atoms with van der Waals surface area (Å²) in [5, 5.41) is 11.6. The van der Waals surface area contributed by atoms with E-state index in [4.69, 9.17) is 16.3 Å². The van der Waals surface area contributed by atoms with Gasteiger partial charge in [-0.2, -0.15) is 0 Å². The molecule has 1 aliphatic heterocycles. The zero-order valence-electron chi connectivity index (χ0n) is 12.0. The van der Waals surface area contributed by atoms with E-state index in [-0.39, 0.29) is 19.1 Å². The number of hydrogen-bond acceptors (Lipinski definition) is 4. The first-order valence-corrected chi connectivity index (χ1v) is 8.08. The molecule has 2 rings (SSSR count). The summed E-state index contributed by atoms with van der Waals surface area (Å²) in [6.45, 7) is 4.69. The summed E-state index contributed by atoms with van der Waals surface area (Å²) in [5.74, 6) is -1.82. The summed E-state index contributed by atoms with van der Waals surface area (Å²) >= 11 is 7.46. The number of thiophene rings is 1. The standard InChI is InChI=1S/C14H18ClNO4S/c1-3-4-16(10-6-20-5-9(10)14(18)19)13(17)12-11(15)8(2)7-21-12/h7,9-10H,3-6H2,1-2H3,(H,18,19). The van der Waals surface area contributed by atoms with E-state index in [1.54, 1.807) is 4.90 Å². The molecular weight excluding hydrogens is 314 g/mol. The Balaban J connectivity index is 2.28. The number of carbonyl (C=O) groups is 2. The number of amides is 1. The van der Waals surface area contributed by atoms with E-state index in [9.17, 15) is 14.7 Å². The Kier molecular flexibility index (Phi) is 5.24. The smallest absolute Gasteiger partial charge is 0.311 e. The molecule has 0 aromatic carbocycles. The molecule has 0 saturated carbocycles. The molecule has 116 valence electrons. The monoisotopic (exact) mass is 331 g/mol. The molecule has 0 radical (unpaired) electrons. The van der Waals surface area contributed by atoms with Crippen LogP contribution in [0.1, 0.15) is 28.6 Å². The predicted octanol–water partition coefficient (Wildman–Crippen LogP) is 2.66. The molecule has 1 fully saturated rings. The van der Waals surface area contributed by atoms with Gasteiger partial charge in [-0.15, -0.1) is 11.3 Å². The highest BCUT2D eigenvalue weighted by Gasteiger charge is 2.40. The maximum absolute atomic E-state index is 12.7. The number of carboxylic acid groups (broad SMARTS) is 1. The van der Waals surface area contributed by atoms with Crippen LogP contribution in [0.2, 0.25) is 5.02 Å². The minimum absolute atomic E-state index is 0.144. The van der Waals surface area contributed by atoms with Crippen molar-refractivity contribution in [3.8, 4) is 0 Å². The SMILES string of the molecule is CCCN(C(=O)c1scc(C)c1Cl)C1COCC1C(=O)O. The molecule has 1 amide bonds. The van der Waals surface area contributed by atoms with Crippen molar-refractivity contribution in [3.05, 3.63) is 20.8 Å². The summed E-state index contributed by atoms with van der Waals surface area (Å²) < 4.78 is 5.28. The van der Waals surface area contributed by atoms with E-state index >= 15 is 0 Å². The Morgan fingerprint density at radius 3 is 2.76 bits per heavy atom. The lowest BCUT2D eigenvalue weighted by Gasteiger charge is -2.30. The average Bonchev–Trinajstić information content (AvgIpc) is 3.04. The topological polar surface area (TPSA) is 66.8 Å². The second kappa shape index (κ2) is 6.77. The van der Waals surface area contributed by atoms with Crippen molar-refractivity contribution in [2.24, 2.45) is 5.92 Å². The van der Waals surface area contributed by atoms with Crippen molar-refractivity contribution in [1.82, 2.24) is 4.90 Å². The van der Waals surface area contributed by atoms with Gasteiger partial charge in [-0.05, 0) is 24.3 Å². The zero-order valence-corrected chi connectivity index (χ0v) is 13.5. The van der Waals surface area contributed by atoms with Crippen molar-refractivity contribution in [3.63, 3.8) is 0 Å². The molecule has 1 N–H and O–H groups in total. The molecule has 1 aromatic rings. The molecular formula is C14H18ClNO4S. The van der Waals surface area contributed by atoms with Crippen LogP contribution in [-0.2, 0) is 9.53 Å². The molecule has 1 aromatic heterocycles. The highest BCUT2D eigenvalue weighted by molar-refractivity contribution is 7.13. The van der Waals surface area contributed by atoms with Crippen LogP contribution in [0.15, 0.2) is 5.38 Å². The summed E-state index contributed by atoms with van der Waals surface area (Å²) in [6, 6.07) is -0.437. The van der Waals surface area contributed by atoms with E-state index < -0.39 is 17.9 Å². The molecule has 7 heteroatoms. The molecule has 0 spiro atoms. The second-order valence-electron chi connectivity index (χ2n) is 5.11. The summed E-state index contributed by atoms with van der Waals surface area (Å²) in [4.78, 5) is 26.1. The van der Waals surface area contributed by atoms with Gasteiger partial charge in [0, 0.05) is 6.54 Å². The van der Waals surface area contributed by atoms with E-state index in [0.717, 1.165) is 12.0 Å². The molecule has 0 bridgehead atoms. The maximum Gasteiger partial charge on any atom is 0.311 e. The number of aryl methyl sites for hydroxylation is 1. The molecule has 1 saturated heterocycles. The third kappa shape index (κ3) is 3.22. The van der Waals surface area contributed by atoms with Gasteiger partial charge in [0.25, 0.3) is 5.91 Å². The predicted molar refractivity (Wildman–Crippen MR) is 81.1 cm³/mol. The van der Waals surface area contributed by atoms with Gasteiger partial charge in [-0.25, -0.2) is 0 Å². The Morgan fingerprint density at radius 1 is 1.52 bits per heavy atom. The van der Waals surface area contributed by atoms with Gasteiger partial charge in [0.1, 0.15) is 10.8 Å². The van der Waals surface area contributed by atoms with Crippen molar-refractivity contribution in [2.75, 3.05) is 19.8 Å². The van der Waals surface area contributed by atoms with E-state index in [0.29, 0.717) is 16.4 Å². The highest BCUT2D eigenvalue weighted by Crippen LogP contribution is 2.30. The van der Waals surface area contributed by atoms with Crippen LogP contribution in [0, 0.1) is 12.8 Å². The van der Waals surface area contributed by atoms with E-state index in [2.05, 4.69) is 0 Å². The van der Waals surface area contributed by atoms with Crippen molar-refractivity contribution in [1.29, 1.82) is 0 Å². The molecule has 2 atom stereocenters. The van der Waals surface area contributed by atoms with Gasteiger partial charge in [0.15, 0.2) is 0 Å². The van der Waals surface area contributed by atoms with Crippen LogP contribution >= 0.6 is 22.9 Å². The Labute approximate surface area is 132 Å². The number of ether oxygens (including phenoxy) is 1. The lowest BCUT2D eigenvalue weighted by Crippen LogP contribution is -2.46. The van der Waals surface area contributed by atoms with Crippen molar-refractivity contribution in [2.45, 2.75) is 26.3 Å². The van der Waals surface area contributed by atoms with Crippen LogP contribution in [0.3, 0.4) is 0 Å². The fraction of sp³-hybridized carbons (Fsp3) is 0.571. The van der Waals surface area contributed by atoms with E-state index in [1.165, 1.54) is 11.3 Å². The number of aliphatic carboxylic acids is 1. The molecule has 21 heavy (non-hydrogen) atoms. The van der Waals surface area contributed by atoms with Crippen LogP contribution in [0.25, 0.3) is 0 Å². The van der Waals surface area contributed by atoms with Gasteiger partial charge in [0.2, 0.25) is 0 Å². The van der Waals surface area contributed by atoms with Crippen molar-refractivity contribution < 1.29 is 19.4 Å². The number of nitrogens with zero attached hydrogens (tertiary/aromatic N) is 1. The minimum atomic E-state index is -0.931. The molecule has 1 aliphatic rings. The number of halogens is 1. The average molecular weight is 332 g/mol. The minimum Gasteiger partial charge on any atom is -0.481 e. The van der Waals surface area contributed by atoms with Gasteiger partial charge in [0.05, 0.1) is 24.3 Å². The largest absolute Gasteiger partial charge is 0.481 e. The van der Waals surface area contributed by atoms with Gasteiger partial charge in [-0.3, -0.25) is 9.59 Å². The first-order chi connectivity index (χ1) is 9.97. The Hall–Kier alpha value is -1.11. The maximum atomic E-state index is 12.7. The van der Waals surface area contributed by atoms with Crippen LogP contribution in [-0.4, -0.2) is 47.7 Å². The van der Waals surface area contributed by atoms with Gasteiger partial charge in [-0.1, -0.05) is 18.5 Å². The number of hydrogen-bond donors (Lipinski definition) is 1. The molecule has 2 unspecified atom stereocenters. The van der Waals surface area contributed by atoms with Crippen LogP contribution in [0.4, 0.5) is 0 Å². The number of carboxylic acids is 1. The highest BCUT2D eigenvalue weighted by atomic mass is 35.5. The molecule has 0 aliphatic carbocycles. The second-order valence-corrected chi connectivity index (χ2v) is 6.37. The zero-order chi connectivity index (χ0) is 15.6. The molecule has 2 heterocycles. The first-order valence-electron chi connectivity index (χ1n) is 6.82. The summed E-state index contributed by atoms with van der Waals surface area (Å²) in [7, 11) is 0. The number of carbonyl (C=O) groups excluding carboxylic acids is 1. The quantitative estimate of drug-likeness (QED) is 0.900. The van der Waals surface area contributed by atoms with Gasteiger partial charge >= 0.3 is 5.97 Å². The first kappa shape index (κ1) is 16.3. The van der Waals surface area contributed by atoms with Gasteiger partial charge < -0.3 is 14.7 Å². The number of rotatable bonds is 5. The fourth-order valence-corrected chi connectivity index (χ4v) is 3.68. The van der Waals surface area contributed by atoms with E-state index in [1.807, 2.05) is 19.2 Å². The van der Waals surface area contributed by atoms with Crippen LogP contribution < -0.4 is 0 Å². The van der Waals surface area contributed by atoms with Crippen LogP contribution in [0.5, 0.6) is 0 Å². The lowest BCUT2D eigenvalue weighted by atomic mass is 10.0. The lowest BCUT2D eigenvalue weighted by molar-refractivity contribution is -0.142. The fourth-order valence-electron chi connectivity index (χ4n) is 2.45. The summed E-state index contributed by atoms with van der Waals surface area (Å²) in [6.07, 6.45) is 0.747. The molecule has 5 nitrogen and oxygen atoms in total. The van der Waals surface area contributed by atoms with Crippen molar-refractivity contribution >= 4 is 34.8 Å². The normalized spacial score (nSPS) is 21.5. The Morgan fingerprint density at radius 2 is 2.24 bits per heavy atom.